The zero-order chi connectivity index (χ0) is 13.0. The Morgan fingerprint density at radius 3 is 2.94 bits per heavy atom. The van der Waals surface area contributed by atoms with Crippen LogP contribution in [0.25, 0.3) is 11.3 Å². The monoisotopic (exact) mass is 282 g/mol. The Morgan fingerprint density at radius 2 is 2.22 bits per heavy atom. The van der Waals surface area contributed by atoms with Gasteiger partial charge in [0.2, 0.25) is 0 Å². The molecule has 0 spiro atoms. The average molecular weight is 283 g/mol. The Morgan fingerprint density at radius 1 is 1.44 bits per heavy atom. The van der Waals surface area contributed by atoms with Gasteiger partial charge in [0.25, 0.3) is 0 Å². The molecule has 1 aromatic heterocycles. The summed E-state index contributed by atoms with van der Waals surface area (Å²) in [4.78, 5) is 4.51. The fraction of sp³-hybridized carbons (Fsp3) is 0.308. The van der Waals surface area contributed by atoms with E-state index in [2.05, 4.69) is 10.3 Å². The largest absolute Gasteiger partial charge is 0.380 e. The first-order valence-electron chi connectivity index (χ1n) is 5.68. The molecular weight excluding hydrogens is 268 g/mol. The van der Waals surface area contributed by atoms with E-state index in [0.717, 1.165) is 28.0 Å². The molecule has 0 saturated heterocycles. The van der Waals surface area contributed by atoms with Crippen LogP contribution in [-0.2, 0) is 4.74 Å². The van der Waals surface area contributed by atoms with E-state index >= 15 is 0 Å². The van der Waals surface area contributed by atoms with Gasteiger partial charge in [-0.1, -0.05) is 29.8 Å². The third-order valence-electron chi connectivity index (χ3n) is 2.60. The van der Waals surface area contributed by atoms with Crippen molar-refractivity contribution >= 4 is 28.1 Å². The highest BCUT2D eigenvalue weighted by Gasteiger charge is 2.08. The summed E-state index contributed by atoms with van der Waals surface area (Å²) in [7, 11) is 1.70. The van der Waals surface area contributed by atoms with Crippen LogP contribution in [0.2, 0.25) is 5.02 Å². The van der Waals surface area contributed by atoms with E-state index < -0.39 is 0 Å². The summed E-state index contributed by atoms with van der Waals surface area (Å²) in [5, 5.41) is 6.85. The molecular formula is C13H15ClN2OS. The summed E-state index contributed by atoms with van der Waals surface area (Å²) < 4.78 is 5.18. The highest BCUT2D eigenvalue weighted by molar-refractivity contribution is 7.14. The van der Waals surface area contributed by atoms with Crippen molar-refractivity contribution < 1.29 is 4.74 Å². The number of rotatable bonds is 5. The van der Waals surface area contributed by atoms with Gasteiger partial charge in [0.1, 0.15) is 0 Å². The van der Waals surface area contributed by atoms with E-state index in [1.165, 1.54) is 0 Å². The number of halogens is 1. The van der Waals surface area contributed by atoms with Gasteiger partial charge in [0.15, 0.2) is 5.13 Å². The van der Waals surface area contributed by atoms with Crippen molar-refractivity contribution in [2.24, 2.45) is 0 Å². The molecule has 0 aliphatic carbocycles. The smallest absolute Gasteiger partial charge is 0.183 e. The molecule has 96 valence electrons. The summed E-state index contributed by atoms with van der Waals surface area (Å²) in [5.41, 5.74) is 1.86. The summed E-state index contributed by atoms with van der Waals surface area (Å²) in [6.07, 6.45) is 0.165. The predicted molar refractivity (Wildman–Crippen MR) is 77.5 cm³/mol. The normalized spacial score (nSPS) is 12.4. The Kier molecular flexibility index (Phi) is 4.58. The molecule has 0 aliphatic rings. The molecule has 2 aromatic rings. The van der Waals surface area contributed by atoms with E-state index in [-0.39, 0.29) is 6.10 Å². The van der Waals surface area contributed by atoms with Gasteiger partial charge in [0, 0.05) is 29.6 Å². The molecule has 0 amide bonds. The maximum atomic E-state index is 6.14. The van der Waals surface area contributed by atoms with Gasteiger partial charge in [0.05, 0.1) is 11.8 Å². The van der Waals surface area contributed by atoms with Crippen molar-refractivity contribution in [3.63, 3.8) is 0 Å². The minimum atomic E-state index is 0.165. The molecule has 1 heterocycles. The van der Waals surface area contributed by atoms with E-state index in [1.54, 1.807) is 18.4 Å². The number of methoxy groups -OCH3 is 1. The Hall–Kier alpha value is -1.10. The molecule has 0 radical (unpaired) electrons. The maximum Gasteiger partial charge on any atom is 0.183 e. The molecule has 1 N–H and O–H groups in total. The van der Waals surface area contributed by atoms with Crippen LogP contribution < -0.4 is 5.32 Å². The lowest BCUT2D eigenvalue weighted by atomic mass is 10.2. The third-order valence-corrected chi connectivity index (χ3v) is 3.73. The van der Waals surface area contributed by atoms with E-state index in [4.69, 9.17) is 16.3 Å². The van der Waals surface area contributed by atoms with Crippen LogP contribution in [0.15, 0.2) is 29.6 Å². The minimum Gasteiger partial charge on any atom is -0.380 e. The number of hydrogen-bond donors (Lipinski definition) is 1. The minimum absolute atomic E-state index is 0.165. The second-order valence-electron chi connectivity index (χ2n) is 3.94. The first-order chi connectivity index (χ1) is 8.70. The third kappa shape index (κ3) is 3.22. The quantitative estimate of drug-likeness (QED) is 0.903. The van der Waals surface area contributed by atoms with Gasteiger partial charge in [-0.25, -0.2) is 4.98 Å². The first kappa shape index (κ1) is 13.3. The molecule has 2 rings (SSSR count). The van der Waals surface area contributed by atoms with Crippen molar-refractivity contribution in [1.82, 2.24) is 4.98 Å². The van der Waals surface area contributed by atoms with Gasteiger partial charge in [-0.2, -0.15) is 0 Å². The molecule has 1 unspecified atom stereocenters. The Labute approximate surface area is 116 Å². The van der Waals surface area contributed by atoms with Crippen molar-refractivity contribution in [3.8, 4) is 11.3 Å². The topological polar surface area (TPSA) is 34.1 Å². The number of ether oxygens (including phenoxy) is 1. The van der Waals surface area contributed by atoms with Crippen molar-refractivity contribution in [1.29, 1.82) is 0 Å². The predicted octanol–water partition coefficient (Wildman–Crippen LogP) is 3.91. The number of thiazole rings is 1. The highest BCUT2D eigenvalue weighted by Crippen LogP contribution is 2.30. The summed E-state index contributed by atoms with van der Waals surface area (Å²) in [6.45, 7) is 2.75. The van der Waals surface area contributed by atoms with Gasteiger partial charge < -0.3 is 10.1 Å². The fourth-order valence-electron chi connectivity index (χ4n) is 1.46. The molecule has 0 aliphatic heterocycles. The van der Waals surface area contributed by atoms with Crippen LogP contribution >= 0.6 is 22.9 Å². The average Bonchev–Trinajstić information content (AvgIpc) is 2.85. The Bertz CT molecular complexity index is 515. The number of aromatic nitrogens is 1. The number of anilines is 1. The van der Waals surface area contributed by atoms with Gasteiger partial charge in [-0.15, -0.1) is 11.3 Å². The molecule has 0 saturated carbocycles. The molecule has 1 atom stereocenters. The standard InChI is InChI=1S/C13H15ClN2OS/c1-9(17-2)7-15-13-16-12(8-18-13)10-5-3-4-6-11(10)14/h3-6,8-9H,7H2,1-2H3,(H,15,16). The molecule has 3 nitrogen and oxygen atoms in total. The zero-order valence-corrected chi connectivity index (χ0v) is 11.9. The van der Waals surface area contributed by atoms with Crippen molar-refractivity contribution in [2.75, 3.05) is 19.0 Å². The zero-order valence-electron chi connectivity index (χ0n) is 10.3. The van der Waals surface area contributed by atoms with Crippen molar-refractivity contribution in [2.45, 2.75) is 13.0 Å². The van der Waals surface area contributed by atoms with Gasteiger partial charge in [-0.05, 0) is 13.0 Å². The van der Waals surface area contributed by atoms with Crippen molar-refractivity contribution in [3.05, 3.63) is 34.7 Å². The number of nitrogens with zero attached hydrogens (tertiary/aromatic N) is 1. The summed E-state index contributed by atoms with van der Waals surface area (Å²) in [5.74, 6) is 0. The number of hydrogen-bond acceptors (Lipinski definition) is 4. The van der Waals surface area contributed by atoms with Gasteiger partial charge >= 0.3 is 0 Å². The summed E-state index contributed by atoms with van der Waals surface area (Å²) >= 11 is 7.71. The molecule has 5 heteroatoms. The van der Waals surface area contributed by atoms with Crippen LogP contribution in [0, 0.1) is 0 Å². The molecule has 0 bridgehead atoms. The van der Waals surface area contributed by atoms with Crippen LogP contribution in [0.4, 0.5) is 5.13 Å². The lowest BCUT2D eigenvalue weighted by molar-refractivity contribution is 0.129. The van der Waals surface area contributed by atoms with Crippen LogP contribution in [-0.4, -0.2) is 24.7 Å². The number of nitrogens with one attached hydrogen (secondary N) is 1. The SMILES string of the molecule is COC(C)CNc1nc(-c2ccccc2Cl)cs1. The fourth-order valence-corrected chi connectivity index (χ4v) is 2.42. The van der Waals surface area contributed by atoms with Crippen LogP contribution in [0.1, 0.15) is 6.92 Å². The highest BCUT2D eigenvalue weighted by atomic mass is 35.5. The van der Waals surface area contributed by atoms with Crippen LogP contribution in [0.3, 0.4) is 0 Å². The maximum absolute atomic E-state index is 6.14. The second-order valence-corrected chi connectivity index (χ2v) is 5.21. The second kappa shape index (κ2) is 6.18. The lowest BCUT2D eigenvalue weighted by Crippen LogP contribution is -2.17. The van der Waals surface area contributed by atoms with Gasteiger partial charge in [-0.3, -0.25) is 0 Å². The molecule has 1 aromatic carbocycles. The molecule has 0 fully saturated rings. The lowest BCUT2D eigenvalue weighted by Gasteiger charge is -2.09. The Balaban J connectivity index is 2.09. The molecule has 18 heavy (non-hydrogen) atoms. The first-order valence-corrected chi connectivity index (χ1v) is 6.93. The number of benzene rings is 1. The van der Waals surface area contributed by atoms with Crippen LogP contribution in [0.5, 0.6) is 0 Å². The van der Waals surface area contributed by atoms with E-state index in [9.17, 15) is 0 Å². The van der Waals surface area contributed by atoms with E-state index in [0.29, 0.717) is 0 Å². The van der Waals surface area contributed by atoms with E-state index in [1.807, 2.05) is 36.6 Å². The summed E-state index contributed by atoms with van der Waals surface area (Å²) in [6, 6.07) is 7.72.